The Balaban J connectivity index is 2.20. The SMILES string of the molecule is CC(CN)NOCc1ccccc1. The molecule has 0 saturated carbocycles. The molecular formula is C10H16N2O. The summed E-state index contributed by atoms with van der Waals surface area (Å²) >= 11 is 0. The molecule has 0 amide bonds. The smallest absolute Gasteiger partial charge is 0.0933 e. The van der Waals surface area contributed by atoms with Crippen molar-refractivity contribution in [1.82, 2.24) is 5.48 Å². The third kappa shape index (κ3) is 4.03. The molecule has 0 aliphatic rings. The molecule has 1 aromatic carbocycles. The number of rotatable bonds is 5. The lowest BCUT2D eigenvalue weighted by molar-refractivity contribution is 0.00942. The van der Waals surface area contributed by atoms with Gasteiger partial charge in [0, 0.05) is 12.6 Å². The summed E-state index contributed by atoms with van der Waals surface area (Å²) in [5, 5.41) is 0. The van der Waals surface area contributed by atoms with Crippen LogP contribution in [0.25, 0.3) is 0 Å². The summed E-state index contributed by atoms with van der Waals surface area (Å²) in [6.45, 7) is 3.13. The van der Waals surface area contributed by atoms with Gasteiger partial charge in [0.2, 0.25) is 0 Å². The molecule has 1 atom stereocenters. The van der Waals surface area contributed by atoms with Gasteiger partial charge in [-0.05, 0) is 12.5 Å². The van der Waals surface area contributed by atoms with Gasteiger partial charge in [0.15, 0.2) is 0 Å². The minimum absolute atomic E-state index is 0.198. The molecule has 0 aliphatic carbocycles. The van der Waals surface area contributed by atoms with Gasteiger partial charge in [-0.2, -0.15) is 5.48 Å². The number of benzene rings is 1. The molecule has 13 heavy (non-hydrogen) atoms. The highest BCUT2D eigenvalue weighted by molar-refractivity contribution is 5.13. The zero-order chi connectivity index (χ0) is 9.52. The molecule has 0 spiro atoms. The zero-order valence-corrected chi connectivity index (χ0v) is 7.86. The first kappa shape index (κ1) is 10.2. The van der Waals surface area contributed by atoms with Gasteiger partial charge >= 0.3 is 0 Å². The fourth-order valence-corrected chi connectivity index (χ4v) is 0.890. The maximum absolute atomic E-state index is 5.41. The minimum Gasteiger partial charge on any atom is -0.329 e. The summed E-state index contributed by atoms with van der Waals surface area (Å²) in [4.78, 5) is 5.24. The number of nitrogens with two attached hydrogens (primary N) is 1. The fraction of sp³-hybridized carbons (Fsp3) is 0.400. The molecule has 3 heteroatoms. The van der Waals surface area contributed by atoms with Gasteiger partial charge in [0.05, 0.1) is 6.61 Å². The van der Waals surface area contributed by atoms with E-state index in [2.05, 4.69) is 5.48 Å². The van der Waals surface area contributed by atoms with Crippen LogP contribution in [-0.4, -0.2) is 12.6 Å². The van der Waals surface area contributed by atoms with Crippen LogP contribution >= 0.6 is 0 Å². The molecule has 0 radical (unpaired) electrons. The van der Waals surface area contributed by atoms with E-state index in [4.69, 9.17) is 10.6 Å². The first-order valence-corrected chi connectivity index (χ1v) is 4.44. The van der Waals surface area contributed by atoms with Crippen molar-refractivity contribution in [1.29, 1.82) is 0 Å². The van der Waals surface area contributed by atoms with Crippen molar-refractivity contribution in [3.8, 4) is 0 Å². The first-order valence-electron chi connectivity index (χ1n) is 4.44. The summed E-state index contributed by atoms with van der Waals surface area (Å²) in [7, 11) is 0. The Kier molecular flexibility index (Phi) is 4.46. The molecule has 1 unspecified atom stereocenters. The Morgan fingerprint density at radius 2 is 2.08 bits per heavy atom. The fourth-order valence-electron chi connectivity index (χ4n) is 0.890. The van der Waals surface area contributed by atoms with E-state index >= 15 is 0 Å². The van der Waals surface area contributed by atoms with Gasteiger partial charge in [0.25, 0.3) is 0 Å². The van der Waals surface area contributed by atoms with Crippen molar-refractivity contribution in [2.45, 2.75) is 19.6 Å². The molecule has 3 N–H and O–H groups in total. The molecule has 0 heterocycles. The monoisotopic (exact) mass is 180 g/mol. The maximum Gasteiger partial charge on any atom is 0.0933 e. The normalized spacial score (nSPS) is 12.8. The summed E-state index contributed by atoms with van der Waals surface area (Å²) in [6, 6.07) is 10.2. The first-order chi connectivity index (χ1) is 6.33. The van der Waals surface area contributed by atoms with Gasteiger partial charge in [0.1, 0.15) is 0 Å². The lowest BCUT2D eigenvalue weighted by Crippen LogP contribution is -2.33. The van der Waals surface area contributed by atoms with Crippen molar-refractivity contribution in [2.75, 3.05) is 6.54 Å². The van der Waals surface area contributed by atoms with Crippen molar-refractivity contribution in [2.24, 2.45) is 5.73 Å². The summed E-state index contributed by atoms with van der Waals surface area (Å²) in [5.74, 6) is 0. The highest BCUT2D eigenvalue weighted by Gasteiger charge is 1.96. The maximum atomic E-state index is 5.41. The number of hydroxylamine groups is 1. The second kappa shape index (κ2) is 5.70. The van der Waals surface area contributed by atoms with E-state index in [1.807, 2.05) is 37.3 Å². The van der Waals surface area contributed by atoms with Crippen LogP contribution in [0.3, 0.4) is 0 Å². The molecular weight excluding hydrogens is 164 g/mol. The lowest BCUT2D eigenvalue weighted by Gasteiger charge is -2.10. The van der Waals surface area contributed by atoms with Gasteiger partial charge in [-0.25, -0.2) is 0 Å². The van der Waals surface area contributed by atoms with Crippen LogP contribution in [0.1, 0.15) is 12.5 Å². The molecule has 1 rings (SSSR count). The topological polar surface area (TPSA) is 47.3 Å². The van der Waals surface area contributed by atoms with E-state index in [0.717, 1.165) is 5.56 Å². The quantitative estimate of drug-likeness (QED) is 0.666. The Morgan fingerprint density at radius 1 is 1.38 bits per heavy atom. The predicted octanol–water partition coefficient (Wildman–Crippen LogP) is 1.05. The standard InChI is InChI=1S/C10H16N2O/c1-9(7-11)12-13-8-10-5-3-2-4-6-10/h2-6,9,12H,7-8,11H2,1H3. The average Bonchev–Trinajstić information content (AvgIpc) is 2.19. The van der Waals surface area contributed by atoms with Crippen LogP contribution in [0.15, 0.2) is 30.3 Å². The van der Waals surface area contributed by atoms with E-state index in [1.165, 1.54) is 0 Å². The van der Waals surface area contributed by atoms with Crippen LogP contribution in [0.2, 0.25) is 0 Å². The van der Waals surface area contributed by atoms with Crippen molar-refractivity contribution in [3.05, 3.63) is 35.9 Å². The van der Waals surface area contributed by atoms with Crippen LogP contribution in [-0.2, 0) is 11.4 Å². The van der Waals surface area contributed by atoms with Crippen molar-refractivity contribution >= 4 is 0 Å². The molecule has 3 nitrogen and oxygen atoms in total. The Bertz CT molecular complexity index is 226. The van der Waals surface area contributed by atoms with Crippen LogP contribution < -0.4 is 11.2 Å². The predicted molar refractivity (Wildman–Crippen MR) is 52.9 cm³/mol. The van der Waals surface area contributed by atoms with Crippen molar-refractivity contribution in [3.63, 3.8) is 0 Å². The summed E-state index contributed by atoms with van der Waals surface area (Å²) in [6.07, 6.45) is 0. The van der Waals surface area contributed by atoms with Gasteiger partial charge in [-0.15, -0.1) is 0 Å². The van der Waals surface area contributed by atoms with Gasteiger partial charge in [-0.1, -0.05) is 30.3 Å². The van der Waals surface area contributed by atoms with Crippen LogP contribution in [0.4, 0.5) is 0 Å². The highest BCUT2D eigenvalue weighted by atomic mass is 16.6. The molecule has 0 bridgehead atoms. The molecule has 72 valence electrons. The van der Waals surface area contributed by atoms with E-state index < -0.39 is 0 Å². The van der Waals surface area contributed by atoms with Crippen LogP contribution in [0, 0.1) is 0 Å². The highest BCUT2D eigenvalue weighted by Crippen LogP contribution is 1.98. The minimum atomic E-state index is 0.198. The largest absolute Gasteiger partial charge is 0.329 e. The van der Waals surface area contributed by atoms with E-state index in [9.17, 15) is 0 Å². The molecule has 0 aliphatic heterocycles. The van der Waals surface area contributed by atoms with E-state index in [0.29, 0.717) is 13.2 Å². The van der Waals surface area contributed by atoms with E-state index in [-0.39, 0.29) is 6.04 Å². The molecule has 0 saturated heterocycles. The molecule has 1 aromatic rings. The van der Waals surface area contributed by atoms with Gasteiger partial charge < -0.3 is 5.73 Å². The third-order valence-corrected chi connectivity index (χ3v) is 1.72. The van der Waals surface area contributed by atoms with Crippen molar-refractivity contribution < 1.29 is 4.84 Å². The summed E-state index contributed by atoms with van der Waals surface area (Å²) < 4.78 is 0. The lowest BCUT2D eigenvalue weighted by atomic mass is 10.2. The Morgan fingerprint density at radius 3 is 2.69 bits per heavy atom. The van der Waals surface area contributed by atoms with Gasteiger partial charge in [-0.3, -0.25) is 4.84 Å². The molecule has 0 fully saturated rings. The third-order valence-electron chi connectivity index (χ3n) is 1.72. The number of hydrogen-bond acceptors (Lipinski definition) is 3. The average molecular weight is 180 g/mol. The second-order valence-electron chi connectivity index (χ2n) is 3.03. The Hall–Kier alpha value is -0.900. The van der Waals surface area contributed by atoms with E-state index in [1.54, 1.807) is 0 Å². The number of nitrogens with one attached hydrogen (secondary N) is 1. The molecule has 0 aromatic heterocycles. The number of hydrogen-bond donors (Lipinski definition) is 2. The summed E-state index contributed by atoms with van der Waals surface area (Å²) in [5.41, 5.74) is 9.42. The second-order valence-corrected chi connectivity index (χ2v) is 3.03. The Labute approximate surface area is 78.8 Å². The zero-order valence-electron chi connectivity index (χ0n) is 7.86. The van der Waals surface area contributed by atoms with Crippen LogP contribution in [0.5, 0.6) is 0 Å².